The third-order valence-corrected chi connectivity index (χ3v) is 7.11. The maximum absolute atomic E-state index is 12.5. The number of aromatic amines is 1. The van der Waals surface area contributed by atoms with Gasteiger partial charge in [0.25, 0.3) is 0 Å². The predicted molar refractivity (Wildman–Crippen MR) is 105 cm³/mol. The molecule has 6 N–H and O–H groups in total. The fourth-order valence-electron chi connectivity index (χ4n) is 3.97. The molecule has 0 unspecified atom stereocenters. The van der Waals surface area contributed by atoms with Crippen molar-refractivity contribution in [3.05, 3.63) is 6.20 Å². The van der Waals surface area contributed by atoms with E-state index in [1.165, 1.54) is 29.7 Å². The van der Waals surface area contributed by atoms with Crippen molar-refractivity contribution in [2.24, 2.45) is 23.5 Å². The fraction of sp³-hybridized carbons (Fsp3) is 0.667. The second-order valence-electron chi connectivity index (χ2n) is 6.79. The first-order valence-corrected chi connectivity index (χ1v) is 10.6. The van der Waals surface area contributed by atoms with E-state index < -0.39 is 41.3 Å². The van der Waals surface area contributed by atoms with Gasteiger partial charge in [-0.3, -0.25) is 9.59 Å². The van der Waals surface area contributed by atoms with E-state index in [1.54, 1.807) is 0 Å². The monoisotopic (exact) mass is 451 g/mol. The minimum atomic E-state index is -1.64. The summed E-state index contributed by atoms with van der Waals surface area (Å²) in [6.45, 7) is 0. The summed E-state index contributed by atoms with van der Waals surface area (Å²) in [7, 11) is 0. The maximum atomic E-state index is 12.5. The first kappa shape index (κ1) is 22.8. The molecule has 1 aromatic heterocycles. The van der Waals surface area contributed by atoms with Crippen LogP contribution in [0.3, 0.4) is 0 Å². The van der Waals surface area contributed by atoms with E-state index in [1.807, 2.05) is 6.26 Å². The van der Waals surface area contributed by atoms with Crippen molar-refractivity contribution in [3.63, 3.8) is 0 Å². The molecule has 28 heavy (non-hydrogen) atoms. The largest absolute Gasteiger partial charge is 0.481 e. The van der Waals surface area contributed by atoms with E-state index >= 15 is 0 Å². The molecule has 6 atom stereocenters. The Morgan fingerprint density at radius 2 is 2.18 bits per heavy atom. The van der Waals surface area contributed by atoms with Gasteiger partial charge in [-0.25, -0.2) is 4.79 Å². The van der Waals surface area contributed by atoms with Crippen LogP contribution < -0.4 is 11.1 Å². The van der Waals surface area contributed by atoms with Crippen molar-refractivity contribution in [2.75, 3.05) is 12.0 Å². The molecular formula is C15H22ClN5O5S2. The Labute approximate surface area is 175 Å². The van der Waals surface area contributed by atoms with Gasteiger partial charge in [0.1, 0.15) is 10.6 Å². The van der Waals surface area contributed by atoms with Crippen LogP contribution in [0.15, 0.2) is 11.2 Å². The SMILES string of the molecule is CSCC[C@H](N)C(=O)N[C@@]1(C(=O)O)C[C@@H](Sc2cn[nH]n2)[C@H]2[C@H](C(=O)O)[C@H]21.Cl. The molecular weight excluding hydrogens is 430 g/mol. The summed E-state index contributed by atoms with van der Waals surface area (Å²) in [5.74, 6) is -4.02. The first-order valence-electron chi connectivity index (χ1n) is 8.37. The zero-order valence-corrected chi connectivity index (χ0v) is 17.4. The number of nitrogens with one attached hydrogen (secondary N) is 2. The molecule has 1 heterocycles. The Morgan fingerprint density at radius 3 is 2.71 bits per heavy atom. The van der Waals surface area contributed by atoms with Gasteiger partial charge in [0.15, 0.2) is 0 Å². The van der Waals surface area contributed by atoms with Crippen LogP contribution in [0.2, 0.25) is 0 Å². The van der Waals surface area contributed by atoms with Crippen molar-refractivity contribution in [3.8, 4) is 0 Å². The third kappa shape index (κ3) is 4.09. The summed E-state index contributed by atoms with van der Waals surface area (Å²) < 4.78 is 0. The van der Waals surface area contributed by atoms with Gasteiger partial charge in [0, 0.05) is 11.2 Å². The van der Waals surface area contributed by atoms with Gasteiger partial charge in [0.2, 0.25) is 5.91 Å². The molecule has 2 saturated carbocycles. The molecule has 2 aliphatic rings. The number of rotatable bonds is 9. The highest BCUT2D eigenvalue weighted by Crippen LogP contribution is 2.65. The maximum Gasteiger partial charge on any atom is 0.329 e. The molecule has 3 rings (SSSR count). The number of fused-ring (bicyclic) bond motifs is 1. The van der Waals surface area contributed by atoms with E-state index in [-0.39, 0.29) is 30.0 Å². The number of carboxylic acids is 2. The van der Waals surface area contributed by atoms with Gasteiger partial charge < -0.3 is 21.3 Å². The second-order valence-corrected chi connectivity index (χ2v) is 9.03. The summed E-state index contributed by atoms with van der Waals surface area (Å²) in [6.07, 6.45) is 3.91. The summed E-state index contributed by atoms with van der Waals surface area (Å²) in [5.41, 5.74) is 4.24. The Hall–Kier alpha value is -1.50. The number of carboxylic acid groups (broad SMARTS) is 2. The number of nitrogens with two attached hydrogens (primary N) is 1. The number of H-pyrrole nitrogens is 1. The number of halogens is 1. The average molecular weight is 452 g/mol. The van der Waals surface area contributed by atoms with Crippen LogP contribution in [0.1, 0.15) is 12.8 Å². The second kappa shape index (κ2) is 8.89. The third-order valence-electron chi connectivity index (χ3n) is 5.24. The number of carbonyl (C=O) groups is 3. The van der Waals surface area contributed by atoms with Crippen LogP contribution in [-0.4, -0.2) is 72.3 Å². The van der Waals surface area contributed by atoms with Crippen LogP contribution in [0, 0.1) is 17.8 Å². The number of aromatic nitrogens is 3. The van der Waals surface area contributed by atoms with Crippen molar-refractivity contribution in [1.82, 2.24) is 20.7 Å². The standard InChI is InChI=1S/C15H21N5O5S2.ClH/c1-26-3-2-6(16)12(21)18-15(14(24)25)4-7(27-8-5-17-20-19-8)9-10(11(9)15)13(22)23;/h5-7,9-11H,2-4,16H2,1H3,(H,18,21)(H,22,23)(H,24,25)(H,17,19,20);1H/t6-,7+,9-,10-,11-,15-;/m0./s1. The van der Waals surface area contributed by atoms with Gasteiger partial charge in [-0.1, -0.05) is 11.8 Å². The van der Waals surface area contributed by atoms with Crippen LogP contribution >= 0.6 is 35.9 Å². The number of amides is 1. The highest BCUT2D eigenvalue weighted by molar-refractivity contribution is 7.99. The predicted octanol–water partition coefficient (Wildman–Crippen LogP) is 0.0577. The van der Waals surface area contributed by atoms with Gasteiger partial charge in [-0.05, 0) is 30.8 Å². The molecule has 1 amide bonds. The number of hydrogen-bond donors (Lipinski definition) is 5. The topological polar surface area (TPSA) is 171 Å². The Balaban J connectivity index is 0.00000280. The van der Waals surface area contributed by atoms with Gasteiger partial charge >= 0.3 is 11.9 Å². The van der Waals surface area contributed by atoms with Crippen molar-refractivity contribution < 1.29 is 24.6 Å². The van der Waals surface area contributed by atoms with Crippen LogP contribution in [-0.2, 0) is 14.4 Å². The molecule has 0 aliphatic heterocycles. The lowest BCUT2D eigenvalue weighted by molar-refractivity contribution is -0.150. The summed E-state index contributed by atoms with van der Waals surface area (Å²) in [4.78, 5) is 36.3. The van der Waals surface area contributed by atoms with E-state index in [0.29, 0.717) is 17.2 Å². The van der Waals surface area contributed by atoms with E-state index in [4.69, 9.17) is 5.73 Å². The lowest BCUT2D eigenvalue weighted by atomic mass is 9.89. The number of hydrogen-bond acceptors (Lipinski definition) is 8. The molecule has 0 spiro atoms. The average Bonchev–Trinajstić information content (AvgIpc) is 3.02. The molecule has 156 valence electrons. The summed E-state index contributed by atoms with van der Waals surface area (Å²) >= 11 is 2.82. The fourth-order valence-corrected chi connectivity index (χ4v) is 5.82. The quantitative estimate of drug-likeness (QED) is 0.345. The number of thioether (sulfide) groups is 2. The number of aliphatic carboxylic acids is 2. The van der Waals surface area contributed by atoms with Gasteiger partial charge in [-0.2, -0.15) is 22.1 Å². The first-order chi connectivity index (χ1) is 12.8. The van der Waals surface area contributed by atoms with E-state index in [9.17, 15) is 24.6 Å². The zero-order chi connectivity index (χ0) is 19.8. The molecule has 0 aromatic carbocycles. The highest BCUT2D eigenvalue weighted by Gasteiger charge is 2.75. The normalized spacial score (nSPS) is 31.4. The number of carbonyl (C=O) groups excluding carboxylic acids is 1. The van der Waals surface area contributed by atoms with E-state index in [2.05, 4.69) is 20.7 Å². The molecule has 2 fully saturated rings. The minimum absolute atomic E-state index is 0. The Bertz CT molecular complexity index is 738. The highest BCUT2D eigenvalue weighted by atomic mass is 35.5. The molecule has 13 heteroatoms. The van der Waals surface area contributed by atoms with Crippen molar-refractivity contribution in [1.29, 1.82) is 0 Å². The minimum Gasteiger partial charge on any atom is -0.481 e. The lowest BCUT2D eigenvalue weighted by Crippen LogP contribution is -2.59. The van der Waals surface area contributed by atoms with Gasteiger partial charge in [-0.15, -0.1) is 17.5 Å². The van der Waals surface area contributed by atoms with Crippen molar-refractivity contribution in [2.45, 2.75) is 34.7 Å². The molecule has 0 radical (unpaired) electrons. The van der Waals surface area contributed by atoms with Gasteiger partial charge in [0.05, 0.1) is 18.2 Å². The molecule has 10 nitrogen and oxygen atoms in total. The zero-order valence-electron chi connectivity index (χ0n) is 14.9. The Morgan fingerprint density at radius 1 is 1.46 bits per heavy atom. The number of nitrogens with zero attached hydrogens (tertiary/aromatic N) is 2. The van der Waals surface area contributed by atoms with Crippen LogP contribution in [0.25, 0.3) is 0 Å². The lowest BCUT2D eigenvalue weighted by Gasteiger charge is -2.31. The molecule has 0 bridgehead atoms. The smallest absolute Gasteiger partial charge is 0.329 e. The molecule has 0 saturated heterocycles. The molecule has 2 aliphatic carbocycles. The summed E-state index contributed by atoms with van der Waals surface area (Å²) in [6, 6.07) is -0.837. The van der Waals surface area contributed by atoms with Crippen LogP contribution in [0.4, 0.5) is 0 Å². The Kier molecular flexibility index (Phi) is 7.23. The van der Waals surface area contributed by atoms with Crippen molar-refractivity contribution >= 4 is 53.8 Å². The van der Waals surface area contributed by atoms with E-state index in [0.717, 1.165) is 0 Å². The molecule has 1 aromatic rings. The summed E-state index contributed by atoms with van der Waals surface area (Å²) in [5, 5.41) is 32.4. The van der Waals surface area contributed by atoms with Crippen LogP contribution in [0.5, 0.6) is 0 Å².